The van der Waals surface area contributed by atoms with E-state index in [9.17, 15) is 9.59 Å². The average Bonchev–Trinajstić information content (AvgIpc) is 3.13. The van der Waals surface area contributed by atoms with Gasteiger partial charge in [-0.1, -0.05) is 12.1 Å². The number of rotatable bonds is 6. The summed E-state index contributed by atoms with van der Waals surface area (Å²) >= 11 is 0. The van der Waals surface area contributed by atoms with E-state index in [0.29, 0.717) is 31.2 Å². The highest BCUT2D eigenvalue weighted by Crippen LogP contribution is 2.15. The first-order chi connectivity index (χ1) is 12.1. The van der Waals surface area contributed by atoms with Gasteiger partial charge in [-0.15, -0.1) is 0 Å². The summed E-state index contributed by atoms with van der Waals surface area (Å²) < 4.78 is 10.9. The largest absolute Gasteiger partial charge is 0.478 e. The maximum atomic E-state index is 12.3. The number of ether oxygens (including phenoxy) is 2. The lowest BCUT2D eigenvalue weighted by Crippen LogP contribution is -2.23. The Bertz CT molecular complexity index is 754. The van der Waals surface area contributed by atoms with E-state index >= 15 is 0 Å². The van der Waals surface area contributed by atoms with Crippen LogP contribution in [0.4, 0.5) is 0 Å². The first-order valence-corrected chi connectivity index (χ1v) is 7.93. The molecule has 0 spiro atoms. The van der Waals surface area contributed by atoms with Crippen LogP contribution in [0.1, 0.15) is 32.7 Å². The Morgan fingerprint density at radius 1 is 1.24 bits per heavy atom. The Kier molecular flexibility index (Phi) is 5.25. The molecular weight excluding hydrogens is 324 g/mol. The monoisotopic (exact) mass is 342 g/mol. The smallest absolute Gasteiger partial charge is 0.335 e. The molecule has 1 aliphatic heterocycles. The highest BCUT2D eigenvalue weighted by molar-refractivity contribution is 5.94. The lowest BCUT2D eigenvalue weighted by Gasteiger charge is -2.11. The van der Waals surface area contributed by atoms with Crippen LogP contribution in [0.15, 0.2) is 42.6 Å². The molecule has 0 saturated carbocycles. The molecule has 1 amide bonds. The van der Waals surface area contributed by atoms with E-state index < -0.39 is 5.97 Å². The Morgan fingerprint density at radius 3 is 2.72 bits per heavy atom. The van der Waals surface area contributed by atoms with Crippen LogP contribution in [0.2, 0.25) is 0 Å². The Balaban J connectivity index is 1.58. The molecule has 2 N–H and O–H groups in total. The third kappa shape index (κ3) is 4.54. The number of carbonyl (C=O) groups excluding carboxylic acids is 1. The molecule has 2 aromatic rings. The minimum Gasteiger partial charge on any atom is -0.478 e. The maximum Gasteiger partial charge on any atom is 0.335 e. The van der Waals surface area contributed by atoms with Crippen LogP contribution in [0.5, 0.6) is 5.88 Å². The zero-order valence-electron chi connectivity index (χ0n) is 13.5. The molecule has 1 fully saturated rings. The predicted molar refractivity (Wildman–Crippen MR) is 88.7 cm³/mol. The van der Waals surface area contributed by atoms with Gasteiger partial charge in [-0.05, 0) is 23.8 Å². The second-order valence-corrected chi connectivity index (χ2v) is 5.67. The fraction of sp³-hybridized carbons (Fsp3) is 0.278. The van der Waals surface area contributed by atoms with Crippen LogP contribution in [0.25, 0.3) is 0 Å². The Morgan fingerprint density at radius 2 is 2.04 bits per heavy atom. The first-order valence-electron chi connectivity index (χ1n) is 7.93. The molecule has 1 aromatic heterocycles. The number of carboxylic acids is 1. The van der Waals surface area contributed by atoms with Gasteiger partial charge in [0.05, 0.1) is 18.8 Å². The SMILES string of the molecule is O=C(O)c1ccc(CNC(=O)c2ccnc(O[C@H]3CCOC3)c2)cc1. The van der Waals surface area contributed by atoms with E-state index in [0.717, 1.165) is 12.0 Å². The van der Waals surface area contributed by atoms with E-state index in [-0.39, 0.29) is 17.6 Å². The third-order valence-corrected chi connectivity index (χ3v) is 3.83. The van der Waals surface area contributed by atoms with Gasteiger partial charge in [0.25, 0.3) is 5.91 Å². The standard InChI is InChI=1S/C18H18N2O5/c21-17(20-10-12-1-3-13(4-2-12)18(22)23)14-5-7-19-16(9-14)25-15-6-8-24-11-15/h1-5,7,9,15H,6,8,10-11H2,(H,20,21)(H,22,23)/t15-/m0/s1. The number of nitrogens with one attached hydrogen (secondary N) is 1. The van der Waals surface area contributed by atoms with Crippen molar-refractivity contribution in [3.05, 3.63) is 59.3 Å². The van der Waals surface area contributed by atoms with Gasteiger partial charge in [0, 0.05) is 30.8 Å². The molecule has 25 heavy (non-hydrogen) atoms. The summed E-state index contributed by atoms with van der Waals surface area (Å²) in [6, 6.07) is 9.57. The predicted octanol–water partition coefficient (Wildman–Crippen LogP) is 1.88. The minimum atomic E-state index is -0.979. The summed E-state index contributed by atoms with van der Waals surface area (Å²) in [5.41, 5.74) is 1.47. The molecule has 0 unspecified atom stereocenters. The number of carboxylic acid groups (broad SMARTS) is 1. The highest BCUT2D eigenvalue weighted by Gasteiger charge is 2.18. The van der Waals surface area contributed by atoms with E-state index in [1.807, 2.05) is 0 Å². The number of hydrogen-bond donors (Lipinski definition) is 2. The maximum absolute atomic E-state index is 12.3. The molecule has 0 radical (unpaired) electrons. The number of benzene rings is 1. The van der Waals surface area contributed by atoms with Crippen molar-refractivity contribution in [2.24, 2.45) is 0 Å². The minimum absolute atomic E-state index is 0.0291. The summed E-state index contributed by atoms with van der Waals surface area (Å²) in [5.74, 6) is -0.834. The topological polar surface area (TPSA) is 97.8 Å². The van der Waals surface area contributed by atoms with Crippen molar-refractivity contribution in [3.8, 4) is 5.88 Å². The van der Waals surface area contributed by atoms with Gasteiger partial charge in [0.2, 0.25) is 5.88 Å². The molecule has 0 bridgehead atoms. The first kappa shape index (κ1) is 16.9. The molecule has 1 saturated heterocycles. The molecule has 2 heterocycles. The number of carbonyl (C=O) groups is 2. The molecule has 1 atom stereocenters. The molecule has 7 heteroatoms. The number of amides is 1. The zero-order chi connectivity index (χ0) is 17.6. The summed E-state index contributed by atoms with van der Waals surface area (Å²) in [5, 5.41) is 11.7. The fourth-order valence-electron chi connectivity index (χ4n) is 2.44. The van der Waals surface area contributed by atoms with Gasteiger partial charge in [0.15, 0.2) is 0 Å². The van der Waals surface area contributed by atoms with Gasteiger partial charge >= 0.3 is 5.97 Å². The lowest BCUT2D eigenvalue weighted by atomic mass is 10.1. The van der Waals surface area contributed by atoms with Crippen molar-refractivity contribution in [1.29, 1.82) is 0 Å². The molecule has 0 aliphatic carbocycles. The van der Waals surface area contributed by atoms with Gasteiger partial charge in [-0.2, -0.15) is 0 Å². The van der Waals surface area contributed by atoms with Crippen molar-refractivity contribution in [1.82, 2.24) is 10.3 Å². The summed E-state index contributed by atoms with van der Waals surface area (Å²) in [6.07, 6.45) is 2.31. The van der Waals surface area contributed by atoms with Crippen LogP contribution in [-0.2, 0) is 11.3 Å². The van der Waals surface area contributed by atoms with Crippen LogP contribution in [0, 0.1) is 0 Å². The van der Waals surface area contributed by atoms with Gasteiger partial charge in [-0.3, -0.25) is 4.79 Å². The van der Waals surface area contributed by atoms with Crippen molar-refractivity contribution in [3.63, 3.8) is 0 Å². The summed E-state index contributed by atoms with van der Waals surface area (Å²) in [4.78, 5) is 27.2. The van der Waals surface area contributed by atoms with Gasteiger partial charge in [0.1, 0.15) is 6.10 Å². The molecule has 1 aliphatic rings. The van der Waals surface area contributed by atoms with Crippen molar-refractivity contribution in [2.75, 3.05) is 13.2 Å². The van der Waals surface area contributed by atoms with Crippen molar-refractivity contribution < 1.29 is 24.2 Å². The average molecular weight is 342 g/mol. The second-order valence-electron chi connectivity index (χ2n) is 5.67. The molecular formula is C18H18N2O5. The summed E-state index contributed by atoms with van der Waals surface area (Å²) in [6.45, 7) is 1.50. The zero-order valence-corrected chi connectivity index (χ0v) is 13.5. The van der Waals surface area contributed by atoms with Crippen LogP contribution in [-0.4, -0.2) is 41.3 Å². The van der Waals surface area contributed by atoms with E-state index in [1.165, 1.54) is 18.3 Å². The molecule has 130 valence electrons. The van der Waals surface area contributed by atoms with Crippen molar-refractivity contribution >= 4 is 11.9 Å². The quantitative estimate of drug-likeness (QED) is 0.832. The number of hydrogen-bond acceptors (Lipinski definition) is 5. The normalized spacial score (nSPS) is 16.4. The lowest BCUT2D eigenvalue weighted by molar-refractivity contribution is 0.0696. The number of nitrogens with zero attached hydrogens (tertiary/aromatic N) is 1. The number of pyridine rings is 1. The summed E-state index contributed by atoms with van der Waals surface area (Å²) in [7, 11) is 0. The van der Waals surface area contributed by atoms with E-state index in [4.69, 9.17) is 14.6 Å². The van der Waals surface area contributed by atoms with E-state index in [1.54, 1.807) is 24.3 Å². The second kappa shape index (κ2) is 7.76. The van der Waals surface area contributed by atoms with Crippen LogP contribution < -0.4 is 10.1 Å². The van der Waals surface area contributed by atoms with E-state index in [2.05, 4.69) is 10.3 Å². The highest BCUT2D eigenvalue weighted by atomic mass is 16.5. The number of aromatic nitrogens is 1. The Hall–Kier alpha value is -2.93. The van der Waals surface area contributed by atoms with Crippen LogP contribution >= 0.6 is 0 Å². The van der Waals surface area contributed by atoms with Crippen LogP contribution in [0.3, 0.4) is 0 Å². The number of aromatic carboxylic acids is 1. The van der Waals surface area contributed by atoms with Crippen molar-refractivity contribution in [2.45, 2.75) is 19.1 Å². The molecule has 1 aromatic carbocycles. The van der Waals surface area contributed by atoms with Gasteiger partial charge < -0.3 is 19.9 Å². The fourth-order valence-corrected chi connectivity index (χ4v) is 2.44. The molecule has 3 rings (SSSR count). The van der Waals surface area contributed by atoms with Gasteiger partial charge in [-0.25, -0.2) is 9.78 Å². The Labute approximate surface area is 144 Å². The third-order valence-electron chi connectivity index (χ3n) is 3.83. The molecule has 7 nitrogen and oxygen atoms in total.